The molecule has 2 atom stereocenters. The highest BCUT2D eigenvalue weighted by molar-refractivity contribution is 6.31. The number of carbonyl (C=O) groups is 1. The van der Waals surface area contributed by atoms with Crippen LogP contribution in [0.15, 0.2) is 61.1 Å². The SMILES string of the molecule is C=C(CCc1cnn(-c2ccc(Cl)c(F)c2)c1)NC(=O)[C@@H]1C[C@@H](O)c2cc(Cl)ccc2O1. The number of hydrogen-bond donors (Lipinski definition) is 2. The van der Waals surface area contributed by atoms with Crippen LogP contribution in [0.3, 0.4) is 0 Å². The molecule has 3 aromatic rings. The van der Waals surface area contributed by atoms with Crippen LogP contribution < -0.4 is 10.1 Å². The van der Waals surface area contributed by atoms with Crippen LogP contribution in [0.25, 0.3) is 5.69 Å². The molecule has 166 valence electrons. The van der Waals surface area contributed by atoms with Crippen molar-refractivity contribution in [1.29, 1.82) is 0 Å². The van der Waals surface area contributed by atoms with Gasteiger partial charge in [0.1, 0.15) is 11.6 Å². The molecule has 2 N–H and O–H groups in total. The second kappa shape index (κ2) is 9.32. The van der Waals surface area contributed by atoms with Crippen molar-refractivity contribution in [3.8, 4) is 11.4 Å². The highest BCUT2D eigenvalue weighted by Crippen LogP contribution is 2.36. The van der Waals surface area contributed by atoms with Gasteiger partial charge in [-0.05, 0) is 48.7 Å². The number of nitrogens with zero attached hydrogens (tertiary/aromatic N) is 2. The maximum Gasteiger partial charge on any atom is 0.265 e. The maximum atomic E-state index is 13.7. The van der Waals surface area contributed by atoms with Crippen LogP contribution in [-0.2, 0) is 11.2 Å². The van der Waals surface area contributed by atoms with E-state index in [1.807, 2.05) is 0 Å². The molecular weight excluding hydrogens is 456 g/mol. The van der Waals surface area contributed by atoms with E-state index in [9.17, 15) is 14.3 Å². The molecule has 0 saturated carbocycles. The molecule has 0 aliphatic carbocycles. The molecule has 2 aromatic carbocycles. The fraction of sp³-hybridized carbons (Fsp3) is 0.217. The number of benzene rings is 2. The fourth-order valence-electron chi connectivity index (χ4n) is 3.45. The Labute approximate surface area is 194 Å². The van der Waals surface area contributed by atoms with E-state index in [4.69, 9.17) is 27.9 Å². The lowest BCUT2D eigenvalue weighted by atomic mass is 9.98. The van der Waals surface area contributed by atoms with Crippen molar-refractivity contribution in [2.24, 2.45) is 0 Å². The molecule has 6 nitrogen and oxygen atoms in total. The van der Waals surface area contributed by atoms with Gasteiger partial charge in [-0.25, -0.2) is 9.07 Å². The summed E-state index contributed by atoms with van der Waals surface area (Å²) in [6.45, 7) is 3.91. The fourth-order valence-corrected chi connectivity index (χ4v) is 3.75. The van der Waals surface area contributed by atoms with E-state index < -0.39 is 18.0 Å². The molecule has 1 amide bonds. The maximum absolute atomic E-state index is 13.7. The molecule has 0 spiro atoms. The molecule has 0 radical (unpaired) electrons. The molecule has 1 aliphatic rings. The first-order valence-electron chi connectivity index (χ1n) is 9.92. The van der Waals surface area contributed by atoms with E-state index in [-0.39, 0.29) is 17.4 Å². The van der Waals surface area contributed by atoms with Gasteiger partial charge in [0, 0.05) is 35.0 Å². The minimum Gasteiger partial charge on any atom is -0.480 e. The Hall–Kier alpha value is -2.87. The number of halogens is 3. The number of aromatic nitrogens is 2. The van der Waals surface area contributed by atoms with Crippen molar-refractivity contribution < 1.29 is 19.0 Å². The van der Waals surface area contributed by atoms with E-state index in [0.29, 0.717) is 40.6 Å². The summed E-state index contributed by atoms with van der Waals surface area (Å²) in [5.41, 5.74) is 2.53. The number of nitrogens with one attached hydrogen (secondary N) is 1. The van der Waals surface area contributed by atoms with E-state index in [1.165, 1.54) is 12.1 Å². The lowest BCUT2D eigenvalue weighted by molar-refractivity contribution is -0.129. The molecular formula is C23H20Cl2FN3O3. The molecule has 9 heteroatoms. The van der Waals surface area contributed by atoms with Crippen molar-refractivity contribution in [2.75, 3.05) is 0 Å². The third-order valence-electron chi connectivity index (χ3n) is 5.15. The van der Waals surface area contributed by atoms with Crippen LogP contribution in [0.2, 0.25) is 10.0 Å². The van der Waals surface area contributed by atoms with Crippen molar-refractivity contribution >= 4 is 29.1 Å². The van der Waals surface area contributed by atoms with E-state index in [1.54, 1.807) is 41.3 Å². The summed E-state index contributed by atoms with van der Waals surface area (Å²) < 4.78 is 20.9. The highest BCUT2D eigenvalue weighted by Gasteiger charge is 2.32. The van der Waals surface area contributed by atoms with Crippen LogP contribution in [0, 0.1) is 5.82 Å². The summed E-state index contributed by atoms with van der Waals surface area (Å²) in [6.07, 6.45) is 2.95. The number of aliphatic hydroxyl groups is 1. The van der Waals surface area contributed by atoms with Gasteiger partial charge in [0.05, 0.1) is 23.0 Å². The van der Waals surface area contributed by atoms with Gasteiger partial charge >= 0.3 is 0 Å². The zero-order valence-electron chi connectivity index (χ0n) is 16.9. The summed E-state index contributed by atoms with van der Waals surface area (Å²) in [5, 5.41) is 17.9. The van der Waals surface area contributed by atoms with Crippen LogP contribution in [0.1, 0.15) is 30.1 Å². The van der Waals surface area contributed by atoms with Gasteiger partial charge in [-0.1, -0.05) is 29.8 Å². The summed E-state index contributed by atoms with van der Waals surface area (Å²) in [6, 6.07) is 9.37. The molecule has 2 heterocycles. The zero-order chi connectivity index (χ0) is 22.8. The smallest absolute Gasteiger partial charge is 0.265 e. The van der Waals surface area contributed by atoms with Crippen LogP contribution >= 0.6 is 23.2 Å². The molecule has 0 fully saturated rings. The quantitative estimate of drug-likeness (QED) is 0.538. The number of rotatable bonds is 6. The molecule has 1 aliphatic heterocycles. The van der Waals surface area contributed by atoms with Gasteiger partial charge in [0.25, 0.3) is 5.91 Å². The average Bonchev–Trinajstić information content (AvgIpc) is 3.23. The van der Waals surface area contributed by atoms with E-state index in [2.05, 4.69) is 17.0 Å². The van der Waals surface area contributed by atoms with Crippen LogP contribution in [0.4, 0.5) is 4.39 Å². The first-order valence-corrected chi connectivity index (χ1v) is 10.7. The normalized spacial score (nSPS) is 17.4. The van der Waals surface area contributed by atoms with Crippen molar-refractivity contribution in [1.82, 2.24) is 15.1 Å². The van der Waals surface area contributed by atoms with E-state index in [0.717, 1.165) is 5.56 Å². The second-order valence-electron chi connectivity index (χ2n) is 7.52. The van der Waals surface area contributed by atoms with Crippen LogP contribution in [-0.4, -0.2) is 26.9 Å². The first-order chi connectivity index (χ1) is 15.3. The van der Waals surface area contributed by atoms with Gasteiger partial charge in [-0.15, -0.1) is 0 Å². The van der Waals surface area contributed by atoms with Gasteiger partial charge in [-0.2, -0.15) is 5.10 Å². The number of allylic oxidation sites excluding steroid dienone is 1. The topological polar surface area (TPSA) is 76.4 Å². The minimum absolute atomic E-state index is 0.0509. The Morgan fingerprint density at radius 1 is 1.31 bits per heavy atom. The largest absolute Gasteiger partial charge is 0.480 e. The number of ether oxygens (including phenoxy) is 1. The average molecular weight is 476 g/mol. The first kappa shape index (κ1) is 22.3. The Balaban J connectivity index is 1.31. The molecule has 0 unspecified atom stereocenters. The Morgan fingerprint density at radius 2 is 2.12 bits per heavy atom. The second-order valence-corrected chi connectivity index (χ2v) is 8.37. The summed E-state index contributed by atoms with van der Waals surface area (Å²) in [7, 11) is 0. The summed E-state index contributed by atoms with van der Waals surface area (Å²) in [4.78, 5) is 12.6. The van der Waals surface area contributed by atoms with E-state index >= 15 is 0 Å². The number of carbonyl (C=O) groups excluding carboxylic acids is 1. The molecule has 1 aromatic heterocycles. The number of aliphatic hydroxyl groups excluding tert-OH is 1. The number of hydrogen-bond acceptors (Lipinski definition) is 4. The minimum atomic E-state index is -0.843. The summed E-state index contributed by atoms with van der Waals surface area (Å²) >= 11 is 11.7. The number of aryl methyl sites for hydroxylation is 1. The lowest BCUT2D eigenvalue weighted by Gasteiger charge is -2.29. The highest BCUT2D eigenvalue weighted by atomic mass is 35.5. The molecule has 0 bridgehead atoms. The summed E-state index contributed by atoms with van der Waals surface area (Å²) in [5.74, 6) is -0.454. The zero-order valence-corrected chi connectivity index (χ0v) is 18.4. The van der Waals surface area contributed by atoms with Crippen molar-refractivity contribution in [3.05, 3.63) is 88.1 Å². The molecule has 0 saturated heterocycles. The third-order valence-corrected chi connectivity index (χ3v) is 5.69. The number of fused-ring (bicyclic) bond motifs is 1. The van der Waals surface area contributed by atoms with Crippen molar-refractivity contribution in [3.63, 3.8) is 0 Å². The number of amides is 1. The predicted octanol–water partition coefficient (Wildman–Crippen LogP) is 4.77. The Morgan fingerprint density at radius 3 is 2.91 bits per heavy atom. The predicted molar refractivity (Wildman–Crippen MR) is 120 cm³/mol. The Kier molecular flexibility index (Phi) is 6.50. The van der Waals surface area contributed by atoms with Gasteiger partial charge in [0.15, 0.2) is 6.10 Å². The van der Waals surface area contributed by atoms with Gasteiger partial charge < -0.3 is 15.2 Å². The van der Waals surface area contributed by atoms with Gasteiger partial charge in [0.2, 0.25) is 0 Å². The van der Waals surface area contributed by atoms with Crippen LogP contribution in [0.5, 0.6) is 5.75 Å². The van der Waals surface area contributed by atoms with Crippen molar-refractivity contribution in [2.45, 2.75) is 31.5 Å². The van der Waals surface area contributed by atoms with Gasteiger partial charge in [-0.3, -0.25) is 4.79 Å². The molecule has 32 heavy (non-hydrogen) atoms. The molecule has 4 rings (SSSR count). The Bertz CT molecular complexity index is 1180. The lowest BCUT2D eigenvalue weighted by Crippen LogP contribution is -2.41. The third kappa shape index (κ3) is 4.96. The standard InChI is InChI=1S/C23H20Cl2FN3O3/c1-13(2-3-14-11-27-29(12-14)16-5-6-18(25)19(26)9-16)28-23(31)22-10-20(30)17-8-15(24)4-7-21(17)32-22/h4-9,11-12,20,22,30H,1-3,10H2,(H,28,31)/t20-,22+/m1/s1. The monoisotopic (exact) mass is 475 g/mol.